The maximum absolute atomic E-state index is 13.8. The third-order valence-corrected chi connectivity index (χ3v) is 4.88. The van der Waals surface area contributed by atoms with E-state index in [4.69, 9.17) is 4.99 Å². The van der Waals surface area contributed by atoms with E-state index in [1.54, 1.807) is 23.6 Å². The summed E-state index contributed by atoms with van der Waals surface area (Å²) in [7, 11) is 1.82. The Morgan fingerprint density at radius 3 is 2.80 bits per heavy atom. The van der Waals surface area contributed by atoms with Crippen molar-refractivity contribution in [1.82, 2.24) is 10.3 Å². The summed E-state index contributed by atoms with van der Waals surface area (Å²) in [6.07, 6.45) is 1.70. The average molecular weight is 350 g/mol. The van der Waals surface area contributed by atoms with Gasteiger partial charge in [-0.3, -0.25) is 4.99 Å². The number of nitrogens with one attached hydrogen (secondary N) is 1. The minimum absolute atomic E-state index is 0.280. The van der Waals surface area contributed by atoms with E-state index in [0.29, 0.717) is 22.9 Å². The molecule has 1 aliphatic heterocycles. The number of thiophene rings is 1. The number of likely N-dealkylation sites (N-methyl/N-ethyl adjacent to an activating group) is 1. The summed E-state index contributed by atoms with van der Waals surface area (Å²) in [6, 6.07) is 14.0. The standard InChI is InChI=1S/C19H15FN4S/c1-21-19-17(15-8-4-10-25-15)23-16(12-5-2-6-13(20)11-12)14-7-3-9-22-18(14)24-19/h2-11,17H,1H3,(H,21,22,24). The van der Waals surface area contributed by atoms with E-state index in [0.717, 1.165) is 10.4 Å². The smallest absolute Gasteiger partial charge is 0.163 e. The van der Waals surface area contributed by atoms with E-state index in [-0.39, 0.29) is 11.9 Å². The molecule has 124 valence electrons. The Morgan fingerprint density at radius 2 is 2.04 bits per heavy atom. The van der Waals surface area contributed by atoms with Gasteiger partial charge in [-0.25, -0.2) is 14.4 Å². The lowest BCUT2D eigenvalue weighted by Gasteiger charge is -2.13. The van der Waals surface area contributed by atoms with Crippen LogP contribution in [0.25, 0.3) is 0 Å². The zero-order chi connectivity index (χ0) is 17.2. The van der Waals surface area contributed by atoms with E-state index in [1.807, 2.05) is 42.8 Å². The summed E-state index contributed by atoms with van der Waals surface area (Å²) in [5.74, 6) is 1.00. The Balaban J connectivity index is 1.97. The molecule has 3 heterocycles. The van der Waals surface area contributed by atoms with Gasteiger partial charge in [0.1, 0.15) is 17.7 Å². The summed E-state index contributed by atoms with van der Waals surface area (Å²) >= 11 is 1.61. The molecule has 0 saturated carbocycles. The molecule has 4 rings (SSSR count). The second-order valence-corrected chi connectivity index (χ2v) is 6.51. The van der Waals surface area contributed by atoms with Crippen LogP contribution in [-0.4, -0.2) is 23.6 Å². The molecule has 2 aromatic heterocycles. The minimum Gasteiger partial charge on any atom is -0.374 e. The molecule has 4 nitrogen and oxygen atoms in total. The van der Waals surface area contributed by atoms with E-state index in [1.165, 1.54) is 12.1 Å². The molecule has 0 radical (unpaired) electrons. The van der Waals surface area contributed by atoms with Gasteiger partial charge < -0.3 is 5.32 Å². The molecule has 0 spiro atoms. The molecular weight excluding hydrogens is 335 g/mol. The fourth-order valence-electron chi connectivity index (χ4n) is 2.81. The summed E-state index contributed by atoms with van der Waals surface area (Å²) in [6.45, 7) is 0. The van der Waals surface area contributed by atoms with Crippen LogP contribution in [-0.2, 0) is 0 Å². The number of nitrogens with zero attached hydrogens (tertiary/aromatic N) is 3. The Morgan fingerprint density at radius 1 is 1.12 bits per heavy atom. The van der Waals surface area contributed by atoms with Crippen molar-refractivity contribution < 1.29 is 4.39 Å². The summed E-state index contributed by atoms with van der Waals surface area (Å²) in [5.41, 5.74) is 2.19. The average Bonchev–Trinajstić information content (AvgIpc) is 3.10. The third kappa shape index (κ3) is 2.96. The van der Waals surface area contributed by atoms with E-state index in [9.17, 15) is 4.39 Å². The highest BCUT2D eigenvalue weighted by molar-refractivity contribution is 7.10. The summed E-state index contributed by atoms with van der Waals surface area (Å²) in [4.78, 5) is 15.1. The van der Waals surface area contributed by atoms with E-state index < -0.39 is 0 Å². The summed E-state index contributed by atoms with van der Waals surface area (Å²) < 4.78 is 13.8. The second-order valence-electron chi connectivity index (χ2n) is 5.53. The van der Waals surface area contributed by atoms with Crippen molar-refractivity contribution in [3.05, 3.63) is 81.9 Å². The van der Waals surface area contributed by atoms with Crippen LogP contribution in [0.4, 0.5) is 10.2 Å². The molecule has 1 N–H and O–H groups in total. The Bertz CT molecular complexity index is 963. The highest BCUT2D eigenvalue weighted by Gasteiger charge is 2.25. The van der Waals surface area contributed by atoms with Gasteiger partial charge in [0.25, 0.3) is 0 Å². The van der Waals surface area contributed by atoms with Gasteiger partial charge in [-0.1, -0.05) is 18.2 Å². The largest absolute Gasteiger partial charge is 0.374 e. The topological polar surface area (TPSA) is 49.6 Å². The highest BCUT2D eigenvalue weighted by atomic mass is 32.1. The maximum Gasteiger partial charge on any atom is 0.163 e. The van der Waals surface area contributed by atoms with E-state index in [2.05, 4.69) is 15.3 Å². The normalized spacial score (nSPS) is 16.5. The number of amidine groups is 1. The lowest BCUT2D eigenvalue weighted by Crippen LogP contribution is -2.24. The number of halogens is 1. The maximum atomic E-state index is 13.8. The lowest BCUT2D eigenvalue weighted by molar-refractivity contribution is 0.627. The van der Waals surface area contributed by atoms with Gasteiger partial charge >= 0.3 is 0 Å². The van der Waals surface area contributed by atoms with Crippen LogP contribution in [0.1, 0.15) is 22.0 Å². The van der Waals surface area contributed by atoms with Gasteiger partial charge in [-0.2, -0.15) is 0 Å². The second kappa shape index (κ2) is 6.57. The van der Waals surface area contributed by atoms with Crippen molar-refractivity contribution in [2.24, 2.45) is 9.98 Å². The van der Waals surface area contributed by atoms with Gasteiger partial charge in [0.15, 0.2) is 5.82 Å². The van der Waals surface area contributed by atoms with Gasteiger partial charge in [0.05, 0.1) is 5.71 Å². The molecule has 0 aliphatic carbocycles. The Kier molecular flexibility index (Phi) is 4.11. The van der Waals surface area contributed by atoms with Gasteiger partial charge in [0.2, 0.25) is 0 Å². The van der Waals surface area contributed by atoms with Crippen molar-refractivity contribution in [3.8, 4) is 0 Å². The summed E-state index contributed by atoms with van der Waals surface area (Å²) in [5, 5.41) is 5.15. The number of aliphatic imine (C=N–C) groups is 2. The van der Waals surface area contributed by atoms with Crippen LogP contribution in [0, 0.1) is 5.82 Å². The molecule has 1 aromatic carbocycles. The minimum atomic E-state index is -0.294. The van der Waals surface area contributed by atoms with Crippen LogP contribution >= 0.6 is 11.3 Å². The molecule has 0 fully saturated rings. The van der Waals surface area contributed by atoms with Crippen LogP contribution in [0.2, 0.25) is 0 Å². The fraction of sp³-hybridized carbons (Fsp3) is 0.105. The number of pyridine rings is 1. The first kappa shape index (κ1) is 15.7. The predicted molar refractivity (Wildman–Crippen MR) is 99.5 cm³/mol. The fourth-order valence-corrected chi connectivity index (χ4v) is 3.57. The number of aromatic nitrogens is 1. The third-order valence-electron chi connectivity index (χ3n) is 3.95. The number of benzene rings is 1. The number of hydrogen-bond acceptors (Lipinski definition) is 5. The van der Waals surface area contributed by atoms with Gasteiger partial charge in [-0.05, 0) is 35.7 Å². The quantitative estimate of drug-likeness (QED) is 0.756. The zero-order valence-corrected chi connectivity index (χ0v) is 14.3. The van der Waals surface area contributed by atoms with Crippen LogP contribution in [0.5, 0.6) is 0 Å². The van der Waals surface area contributed by atoms with Crippen molar-refractivity contribution in [3.63, 3.8) is 0 Å². The van der Waals surface area contributed by atoms with Crippen LogP contribution in [0.3, 0.4) is 0 Å². The predicted octanol–water partition coefficient (Wildman–Crippen LogP) is 4.12. The molecule has 25 heavy (non-hydrogen) atoms. The van der Waals surface area contributed by atoms with E-state index >= 15 is 0 Å². The molecule has 3 aromatic rings. The first-order valence-electron chi connectivity index (χ1n) is 7.85. The molecular formula is C19H15FN4S. The molecule has 0 amide bonds. The SMILES string of the molecule is CNC1=Nc2ncccc2C(c2cccc(F)c2)=NC1c1cccs1. The first-order valence-corrected chi connectivity index (χ1v) is 8.73. The van der Waals surface area contributed by atoms with Crippen molar-refractivity contribution in [1.29, 1.82) is 0 Å². The molecule has 6 heteroatoms. The number of fused-ring (bicyclic) bond motifs is 1. The highest BCUT2D eigenvalue weighted by Crippen LogP contribution is 2.32. The first-order chi connectivity index (χ1) is 12.3. The van der Waals surface area contributed by atoms with Crippen LogP contribution < -0.4 is 5.32 Å². The van der Waals surface area contributed by atoms with Crippen molar-refractivity contribution in [2.75, 3.05) is 7.05 Å². The lowest BCUT2D eigenvalue weighted by atomic mass is 10.0. The van der Waals surface area contributed by atoms with Crippen molar-refractivity contribution in [2.45, 2.75) is 6.04 Å². The Hall–Kier alpha value is -2.86. The van der Waals surface area contributed by atoms with Crippen LogP contribution in [0.15, 0.2) is 70.1 Å². The molecule has 1 aliphatic rings. The number of rotatable bonds is 2. The monoisotopic (exact) mass is 350 g/mol. The van der Waals surface area contributed by atoms with Crippen molar-refractivity contribution >= 4 is 28.7 Å². The molecule has 0 saturated heterocycles. The molecule has 1 atom stereocenters. The van der Waals surface area contributed by atoms with Gasteiger partial charge in [-0.15, -0.1) is 11.3 Å². The Labute approximate surface area is 148 Å². The molecule has 0 bridgehead atoms. The van der Waals surface area contributed by atoms with Gasteiger partial charge in [0, 0.05) is 29.2 Å². The number of hydrogen-bond donors (Lipinski definition) is 1. The molecule has 1 unspecified atom stereocenters. The zero-order valence-electron chi connectivity index (χ0n) is 13.5.